The topological polar surface area (TPSA) is 59.8 Å². The van der Waals surface area contributed by atoms with E-state index in [2.05, 4.69) is 15.6 Å². The Kier molecular flexibility index (Phi) is 5.36. The van der Waals surface area contributed by atoms with Crippen molar-refractivity contribution >= 4 is 34.8 Å². The molecular formula is C18H16Cl2N4O. The highest BCUT2D eigenvalue weighted by molar-refractivity contribution is 6.33. The zero-order valence-corrected chi connectivity index (χ0v) is 15.1. The minimum Gasteiger partial charge on any atom is -0.319 e. The number of hydrogen-bond donors (Lipinski definition) is 1. The number of amides is 1. The van der Waals surface area contributed by atoms with Crippen LogP contribution in [0.1, 0.15) is 29.5 Å². The Morgan fingerprint density at radius 2 is 1.84 bits per heavy atom. The Labute approximate surface area is 155 Å². The van der Waals surface area contributed by atoms with E-state index >= 15 is 0 Å². The molecule has 0 atom stereocenters. The number of hydrogen-bond acceptors (Lipinski definition) is 3. The lowest BCUT2D eigenvalue weighted by Crippen LogP contribution is -2.15. The van der Waals surface area contributed by atoms with Crippen molar-refractivity contribution < 1.29 is 4.79 Å². The molecule has 0 aliphatic heterocycles. The van der Waals surface area contributed by atoms with E-state index in [0.717, 1.165) is 17.8 Å². The normalized spacial score (nSPS) is 10.7. The van der Waals surface area contributed by atoms with E-state index in [0.29, 0.717) is 22.2 Å². The Hall–Kier alpha value is -2.37. The first-order chi connectivity index (χ1) is 12.1. The molecule has 0 fully saturated rings. The van der Waals surface area contributed by atoms with E-state index in [1.807, 2.05) is 19.1 Å². The summed E-state index contributed by atoms with van der Waals surface area (Å²) in [5.41, 5.74) is 2.38. The fourth-order valence-corrected chi connectivity index (χ4v) is 2.78. The van der Waals surface area contributed by atoms with Crippen LogP contribution in [0.2, 0.25) is 10.0 Å². The first-order valence-electron chi connectivity index (χ1n) is 7.86. The Morgan fingerprint density at radius 3 is 2.52 bits per heavy atom. The number of benzene rings is 2. The van der Waals surface area contributed by atoms with Crippen molar-refractivity contribution in [1.29, 1.82) is 0 Å². The highest BCUT2D eigenvalue weighted by Gasteiger charge is 2.20. The van der Waals surface area contributed by atoms with E-state index in [4.69, 9.17) is 23.2 Å². The molecule has 1 aromatic heterocycles. The minimum absolute atomic E-state index is 0.289. The molecule has 3 rings (SSSR count). The van der Waals surface area contributed by atoms with E-state index in [1.165, 1.54) is 0 Å². The molecule has 1 N–H and O–H groups in total. The Morgan fingerprint density at radius 1 is 1.12 bits per heavy atom. The fourth-order valence-electron chi connectivity index (χ4n) is 2.47. The van der Waals surface area contributed by atoms with Crippen LogP contribution in [0.25, 0.3) is 5.69 Å². The van der Waals surface area contributed by atoms with Gasteiger partial charge in [0, 0.05) is 5.02 Å². The molecule has 7 heteroatoms. The number of para-hydroxylation sites is 1. The molecule has 0 radical (unpaired) electrons. The number of anilines is 1. The van der Waals surface area contributed by atoms with Gasteiger partial charge in [-0.25, -0.2) is 4.68 Å². The van der Waals surface area contributed by atoms with Gasteiger partial charge in [-0.2, -0.15) is 0 Å². The first kappa shape index (κ1) is 17.5. The number of carbonyl (C=O) groups is 1. The molecule has 5 nitrogen and oxygen atoms in total. The molecule has 0 saturated carbocycles. The zero-order valence-electron chi connectivity index (χ0n) is 13.5. The molecule has 25 heavy (non-hydrogen) atoms. The molecule has 2 aromatic carbocycles. The maximum absolute atomic E-state index is 12.7. The third-order valence-corrected chi connectivity index (χ3v) is 4.24. The molecule has 0 aliphatic carbocycles. The van der Waals surface area contributed by atoms with Crippen LogP contribution in [0.3, 0.4) is 0 Å². The minimum atomic E-state index is -0.336. The third kappa shape index (κ3) is 3.83. The molecule has 0 saturated heterocycles. The second kappa shape index (κ2) is 7.68. The van der Waals surface area contributed by atoms with E-state index in [1.54, 1.807) is 41.1 Å². The summed E-state index contributed by atoms with van der Waals surface area (Å²) in [7, 11) is 0. The maximum atomic E-state index is 12.7. The van der Waals surface area contributed by atoms with Gasteiger partial charge in [0.25, 0.3) is 5.91 Å². The fraction of sp³-hybridized carbons (Fsp3) is 0.167. The van der Waals surface area contributed by atoms with Crippen LogP contribution in [0, 0.1) is 0 Å². The largest absolute Gasteiger partial charge is 0.319 e. The smallest absolute Gasteiger partial charge is 0.278 e. The predicted octanol–water partition coefficient (Wildman–Crippen LogP) is 4.78. The Bertz CT molecular complexity index is 890. The molecule has 0 bridgehead atoms. The van der Waals surface area contributed by atoms with Crippen molar-refractivity contribution in [1.82, 2.24) is 15.0 Å². The average molecular weight is 375 g/mol. The molecule has 128 valence electrons. The van der Waals surface area contributed by atoms with Crippen LogP contribution < -0.4 is 5.32 Å². The molecule has 3 aromatic rings. The van der Waals surface area contributed by atoms with Crippen LogP contribution >= 0.6 is 23.2 Å². The van der Waals surface area contributed by atoms with Gasteiger partial charge in [-0.15, -0.1) is 5.10 Å². The lowest BCUT2D eigenvalue weighted by atomic mass is 10.2. The maximum Gasteiger partial charge on any atom is 0.278 e. The SMILES string of the molecule is CCCc1c(C(=O)Nc2ccccc2Cl)nnn1-c1ccc(Cl)cc1. The summed E-state index contributed by atoms with van der Waals surface area (Å²) in [5.74, 6) is -0.336. The van der Waals surface area contributed by atoms with Crippen molar-refractivity contribution in [2.24, 2.45) is 0 Å². The monoisotopic (exact) mass is 374 g/mol. The lowest BCUT2D eigenvalue weighted by molar-refractivity contribution is 0.102. The van der Waals surface area contributed by atoms with Crippen LogP contribution in [0.5, 0.6) is 0 Å². The summed E-state index contributed by atoms with van der Waals surface area (Å²) >= 11 is 12.0. The quantitative estimate of drug-likeness (QED) is 0.698. The lowest BCUT2D eigenvalue weighted by Gasteiger charge is -2.08. The van der Waals surface area contributed by atoms with Gasteiger partial charge >= 0.3 is 0 Å². The van der Waals surface area contributed by atoms with E-state index < -0.39 is 0 Å². The van der Waals surface area contributed by atoms with Gasteiger partial charge in [-0.3, -0.25) is 4.79 Å². The number of aromatic nitrogens is 3. The number of halogens is 2. The van der Waals surface area contributed by atoms with Gasteiger partial charge in [0.15, 0.2) is 5.69 Å². The molecule has 0 spiro atoms. The van der Waals surface area contributed by atoms with Gasteiger partial charge in [0.2, 0.25) is 0 Å². The van der Waals surface area contributed by atoms with Crippen molar-refractivity contribution in [3.05, 3.63) is 70.0 Å². The van der Waals surface area contributed by atoms with Crippen LogP contribution in [-0.4, -0.2) is 20.9 Å². The van der Waals surface area contributed by atoms with Crippen LogP contribution in [-0.2, 0) is 6.42 Å². The number of nitrogens with zero attached hydrogens (tertiary/aromatic N) is 3. The predicted molar refractivity (Wildman–Crippen MR) is 99.8 cm³/mol. The molecule has 0 unspecified atom stereocenters. The van der Waals surface area contributed by atoms with Crippen molar-refractivity contribution in [3.8, 4) is 5.69 Å². The van der Waals surface area contributed by atoms with Crippen LogP contribution in [0.15, 0.2) is 48.5 Å². The highest BCUT2D eigenvalue weighted by Crippen LogP contribution is 2.22. The Balaban J connectivity index is 1.95. The second-order valence-electron chi connectivity index (χ2n) is 5.46. The number of rotatable bonds is 5. The zero-order chi connectivity index (χ0) is 17.8. The summed E-state index contributed by atoms with van der Waals surface area (Å²) in [6.45, 7) is 2.04. The van der Waals surface area contributed by atoms with Gasteiger partial charge in [-0.1, -0.05) is 53.9 Å². The number of nitrogens with one attached hydrogen (secondary N) is 1. The summed E-state index contributed by atoms with van der Waals surface area (Å²) in [4.78, 5) is 12.7. The highest BCUT2D eigenvalue weighted by atomic mass is 35.5. The van der Waals surface area contributed by atoms with Crippen molar-refractivity contribution in [2.75, 3.05) is 5.32 Å². The van der Waals surface area contributed by atoms with E-state index in [-0.39, 0.29) is 11.6 Å². The summed E-state index contributed by atoms with van der Waals surface area (Å²) in [5, 5.41) is 12.1. The molecule has 1 heterocycles. The van der Waals surface area contributed by atoms with Gasteiger partial charge in [0.05, 0.1) is 22.1 Å². The third-order valence-electron chi connectivity index (χ3n) is 3.66. The van der Waals surface area contributed by atoms with E-state index in [9.17, 15) is 4.79 Å². The summed E-state index contributed by atoms with van der Waals surface area (Å²) in [6.07, 6.45) is 1.52. The first-order valence-corrected chi connectivity index (χ1v) is 8.62. The molecule has 0 aliphatic rings. The summed E-state index contributed by atoms with van der Waals surface area (Å²) in [6, 6.07) is 14.3. The van der Waals surface area contributed by atoms with Gasteiger partial charge < -0.3 is 5.32 Å². The van der Waals surface area contributed by atoms with Gasteiger partial charge in [-0.05, 0) is 42.8 Å². The molecular weight excluding hydrogens is 359 g/mol. The van der Waals surface area contributed by atoms with Crippen LogP contribution in [0.4, 0.5) is 5.69 Å². The van der Waals surface area contributed by atoms with Crippen molar-refractivity contribution in [2.45, 2.75) is 19.8 Å². The standard InChI is InChI=1S/C18H16Cl2N4O/c1-2-5-16-17(18(25)21-15-7-4-3-6-14(15)20)22-23-24(16)13-10-8-12(19)9-11-13/h3-4,6-11H,2,5H2,1H3,(H,21,25). The summed E-state index contributed by atoms with van der Waals surface area (Å²) < 4.78 is 1.67. The average Bonchev–Trinajstić information content (AvgIpc) is 3.02. The second-order valence-corrected chi connectivity index (χ2v) is 6.30. The molecule has 1 amide bonds. The van der Waals surface area contributed by atoms with Crippen molar-refractivity contribution in [3.63, 3.8) is 0 Å². The number of carbonyl (C=O) groups excluding carboxylic acids is 1. The van der Waals surface area contributed by atoms with Gasteiger partial charge in [0.1, 0.15) is 0 Å².